The quantitative estimate of drug-likeness (QED) is 0.326. The van der Waals surface area contributed by atoms with E-state index in [-0.39, 0.29) is 28.0 Å². The standard InChI is InChI=1S/C22H22O10/c1-8-9(2)30-22(19(29)17(8)27)32-21-18(28)16-14(26)6-11(23)7-15(16)31-20(21)10-3-4-12(24)13(25)5-10/h3-9,17,19,22-27,29H,1-2H3/t8-,9-,17?,19?,22?/m1/s1. The third-order valence-corrected chi connectivity index (χ3v) is 5.65. The van der Waals surface area contributed by atoms with Gasteiger partial charge in [0.1, 0.15) is 28.6 Å². The first-order chi connectivity index (χ1) is 15.1. The van der Waals surface area contributed by atoms with Crippen LogP contribution in [0.3, 0.4) is 0 Å². The molecule has 1 fully saturated rings. The van der Waals surface area contributed by atoms with Crippen molar-refractivity contribution in [2.75, 3.05) is 0 Å². The van der Waals surface area contributed by atoms with Crippen molar-refractivity contribution in [3.05, 3.63) is 40.6 Å². The maximum absolute atomic E-state index is 13.3. The molecule has 10 nitrogen and oxygen atoms in total. The number of aromatic hydroxyl groups is 4. The van der Waals surface area contributed by atoms with Gasteiger partial charge < -0.3 is 44.5 Å². The normalized spacial score (nSPS) is 25.7. The van der Waals surface area contributed by atoms with E-state index in [0.717, 1.165) is 24.3 Å². The van der Waals surface area contributed by atoms with Crippen LogP contribution in [0.5, 0.6) is 28.7 Å². The van der Waals surface area contributed by atoms with Crippen LogP contribution in [0, 0.1) is 5.92 Å². The first kappa shape index (κ1) is 21.8. The lowest BCUT2D eigenvalue weighted by molar-refractivity contribution is -0.251. The van der Waals surface area contributed by atoms with E-state index in [1.807, 2.05) is 0 Å². The van der Waals surface area contributed by atoms with E-state index in [1.54, 1.807) is 13.8 Å². The molecule has 1 saturated heterocycles. The van der Waals surface area contributed by atoms with E-state index >= 15 is 0 Å². The molecule has 2 aromatic carbocycles. The van der Waals surface area contributed by atoms with Gasteiger partial charge in [0.05, 0.1) is 12.2 Å². The van der Waals surface area contributed by atoms with Crippen LogP contribution in [-0.2, 0) is 4.74 Å². The second-order valence-electron chi connectivity index (χ2n) is 7.80. The van der Waals surface area contributed by atoms with Crippen LogP contribution in [0.15, 0.2) is 39.5 Å². The zero-order chi connectivity index (χ0) is 23.3. The highest BCUT2D eigenvalue weighted by molar-refractivity contribution is 5.88. The number of hydrogen-bond donors (Lipinski definition) is 6. The van der Waals surface area contributed by atoms with E-state index in [4.69, 9.17) is 13.9 Å². The predicted molar refractivity (Wildman–Crippen MR) is 111 cm³/mol. The van der Waals surface area contributed by atoms with Crippen molar-refractivity contribution in [2.24, 2.45) is 5.92 Å². The van der Waals surface area contributed by atoms with Crippen molar-refractivity contribution in [1.82, 2.24) is 0 Å². The molecular formula is C22H22O10. The van der Waals surface area contributed by atoms with Crippen LogP contribution in [0.2, 0.25) is 0 Å². The minimum absolute atomic E-state index is 0.115. The summed E-state index contributed by atoms with van der Waals surface area (Å²) in [5.41, 5.74) is -0.901. The van der Waals surface area contributed by atoms with Crippen LogP contribution >= 0.6 is 0 Å². The lowest BCUT2D eigenvalue weighted by Gasteiger charge is -2.39. The summed E-state index contributed by atoms with van der Waals surface area (Å²) in [4.78, 5) is 13.3. The van der Waals surface area contributed by atoms with Crippen LogP contribution < -0.4 is 10.2 Å². The fraction of sp³-hybridized carbons (Fsp3) is 0.318. The molecule has 1 aromatic heterocycles. The van der Waals surface area contributed by atoms with E-state index in [1.165, 1.54) is 6.07 Å². The Kier molecular flexibility index (Phi) is 5.37. The summed E-state index contributed by atoms with van der Waals surface area (Å²) in [5, 5.41) is 59.9. The smallest absolute Gasteiger partial charge is 0.239 e. The molecule has 2 heterocycles. The van der Waals surface area contributed by atoms with Gasteiger partial charge in [-0.1, -0.05) is 6.92 Å². The van der Waals surface area contributed by atoms with Crippen molar-refractivity contribution in [2.45, 2.75) is 38.4 Å². The molecule has 32 heavy (non-hydrogen) atoms. The fourth-order valence-corrected chi connectivity index (χ4v) is 3.61. The molecule has 4 rings (SSSR count). The molecule has 1 aliphatic heterocycles. The third kappa shape index (κ3) is 3.58. The Labute approximate surface area is 181 Å². The van der Waals surface area contributed by atoms with Gasteiger partial charge in [-0.05, 0) is 25.1 Å². The van der Waals surface area contributed by atoms with Gasteiger partial charge in [-0.15, -0.1) is 0 Å². The van der Waals surface area contributed by atoms with E-state index < -0.39 is 58.9 Å². The number of phenols is 4. The summed E-state index contributed by atoms with van der Waals surface area (Å²) in [7, 11) is 0. The highest BCUT2D eigenvalue weighted by Gasteiger charge is 2.42. The summed E-state index contributed by atoms with van der Waals surface area (Å²) in [6, 6.07) is 5.69. The molecule has 3 aromatic rings. The number of benzene rings is 2. The van der Waals surface area contributed by atoms with Crippen molar-refractivity contribution < 1.29 is 44.5 Å². The van der Waals surface area contributed by atoms with Crippen LogP contribution in [-0.4, -0.2) is 55.2 Å². The molecule has 3 unspecified atom stereocenters. The van der Waals surface area contributed by atoms with Gasteiger partial charge in [-0.3, -0.25) is 4.79 Å². The SMILES string of the molecule is C[C@H]1OC(Oc2c(-c3ccc(O)c(O)c3)oc3cc(O)cc(O)c3c2=O)C(O)C(O)[C@@H]1C. The van der Waals surface area contributed by atoms with E-state index in [0.29, 0.717) is 0 Å². The molecule has 6 N–H and O–H groups in total. The number of aliphatic hydroxyl groups excluding tert-OH is 2. The van der Waals surface area contributed by atoms with Crippen molar-refractivity contribution in [3.8, 4) is 40.1 Å². The molecule has 170 valence electrons. The number of aliphatic hydroxyl groups is 2. The second kappa shape index (κ2) is 7.90. The average Bonchev–Trinajstić information content (AvgIpc) is 2.73. The molecule has 0 aliphatic carbocycles. The molecule has 10 heteroatoms. The third-order valence-electron chi connectivity index (χ3n) is 5.65. The predicted octanol–water partition coefficient (Wildman–Crippen LogP) is 1.76. The topological polar surface area (TPSA) is 170 Å². The Morgan fingerprint density at radius 1 is 0.906 bits per heavy atom. The first-order valence-electron chi connectivity index (χ1n) is 9.82. The number of phenolic OH excluding ortho intramolecular Hbond substituents is 4. The maximum Gasteiger partial charge on any atom is 0.239 e. The summed E-state index contributed by atoms with van der Waals surface area (Å²) in [6.07, 6.45) is -4.65. The van der Waals surface area contributed by atoms with Crippen molar-refractivity contribution in [1.29, 1.82) is 0 Å². The Balaban J connectivity index is 1.92. The molecule has 0 bridgehead atoms. The summed E-state index contributed by atoms with van der Waals surface area (Å²) in [5.74, 6) is -2.93. The first-order valence-corrected chi connectivity index (χ1v) is 9.82. The summed E-state index contributed by atoms with van der Waals surface area (Å²) in [6.45, 7) is 3.36. The molecular weight excluding hydrogens is 424 g/mol. The zero-order valence-electron chi connectivity index (χ0n) is 17.1. The molecule has 0 saturated carbocycles. The minimum Gasteiger partial charge on any atom is -0.508 e. The Bertz CT molecular complexity index is 1230. The molecule has 1 aliphatic rings. The second-order valence-corrected chi connectivity index (χ2v) is 7.80. The lowest BCUT2D eigenvalue weighted by Crippen LogP contribution is -2.55. The van der Waals surface area contributed by atoms with Gasteiger partial charge in [0.25, 0.3) is 0 Å². The lowest BCUT2D eigenvalue weighted by atomic mass is 9.92. The number of ether oxygens (including phenoxy) is 2. The zero-order valence-corrected chi connectivity index (χ0v) is 17.1. The van der Waals surface area contributed by atoms with Gasteiger partial charge in [0, 0.05) is 23.6 Å². The molecule has 0 radical (unpaired) electrons. The average molecular weight is 446 g/mol. The van der Waals surface area contributed by atoms with Crippen LogP contribution in [0.4, 0.5) is 0 Å². The Hall–Kier alpha value is -3.47. The van der Waals surface area contributed by atoms with E-state index in [9.17, 15) is 35.4 Å². The molecule has 5 atom stereocenters. The number of fused-ring (bicyclic) bond motifs is 1. The van der Waals surface area contributed by atoms with Crippen LogP contribution in [0.25, 0.3) is 22.3 Å². The number of rotatable bonds is 3. The van der Waals surface area contributed by atoms with Crippen molar-refractivity contribution >= 4 is 11.0 Å². The van der Waals surface area contributed by atoms with Crippen molar-refractivity contribution in [3.63, 3.8) is 0 Å². The Morgan fingerprint density at radius 2 is 1.62 bits per heavy atom. The van der Waals surface area contributed by atoms with E-state index in [2.05, 4.69) is 0 Å². The minimum atomic E-state index is -1.49. The number of hydrogen-bond acceptors (Lipinski definition) is 10. The monoisotopic (exact) mass is 446 g/mol. The highest BCUT2D eigenvalue weighted by atomic mass is 16.7. The van der Waals surface area contributed by atoms with Crippen LogP contribution in [0.1, 0.15) is 13.8 Å². The Morgan fingerprint density at radius 3 is 2.31 bits per heavy atom. The van der Waals surface area contributed by atoms with Gasteiger partial charge >= 0.3 is 0 Å². The summed E-state index contributed by atoms with van der Waals surface area (Å²) < 4.78 is 17.0. The van der Waals surface area contributed by atoms with Gasteiger partial charge in [-0.2, -0.15) is 0 Å². The fourth-order valence-electron chi connectivity index (χ4n) is 3.61. The summed E-state index contributed by atoms with van der Waals surface area (Å²) >= 11 is 0. The maximum atomic E-state index is 13.3. The van der Waals surface area contributed by atoms with Gasteiger partial charge in [0.15, 0.2) is 17.3 Å². The van der Waals surface area contributed by atoms with Gasteiger partial charge in [0.2, 0.25) is 17.5 Å². The molecule has 0 amide bonds. The largest absolute Gasteiger partial charge is 0.508 e. The van der Waals surface area contributed by atoms with Gasteiger partial charge in [-0.25, -0.2) is 0 Å². The molecule has 0 spiro atoms. The highest BCUT2D eigenvalue weighted by Crippen LogP contribution is 2.39.